The number of halogens is 1. The topological polar surface area (TPSA) is 103 Å². The first-order valence-corrected chi connectivity index (χ1v) is 9.28. The van der Waals surface area contributed by atoms with Gasteiger partial charge in [-0.15, -0.1) is 10.2 Å². The van der Waals surface area contributed by atoms with Gasteiger partial charge in [0.05, 0.1) is 5.92 Å². The van der Waals surface area contributed by atoms with Gasteiger partial charge >= 0.3 is 0 Å². The maximum Gasteiger partial charge on any atom is 0.270 e. The van der Waals surface area contributed by atoms with E-state index in [0.717, 1.165) is 0 Å². The predicted molar refractivity (Wildman–Crippen MR) is 109 cm³/mol. The third-order valence-electron chi connectivity index (χ3n) is 4.87. The Balaban J connectivity index is 1.59. The van der Waals surface area contributed by atoms with Crippen LogP contribution in [0.2, 0.25) is 5.02 Å². The van der Waals surface area contributed by atoms with Gasteiger partial charge in [-0.2, -0.15) is 0 Å². The smallest absolute Gasteiger partial charge is 0.270 e. The minimum Gasteiger partial charge on any atom is -0.506 e. The minimum absolute atomic E-state index is 0.0232. The molecule has 146 valence electrons. The highest BCUT2D eigenvalue weighted by Crippen LogP contribution is 2.47. The second-order valence-corrected chi connectivity index (χ2v) is 7.06. The molecule has 4 rings (SSSR count). The van der Waals surface area contributed by atoms with E-state index in [9.17, 15) is 19.8 Å². The summed E-state index contributed by atoms with van der Waals surface area (Å²) in [7, 11) is 0. The van der Waals surface area contributed by atoms with Crippen molar-refractivity contribution in [1.82, 2.24) is 0 Å². The van der Waals surface area contributed by atoms with Crippen molar-refractivity contribution >= 4 is 45.6 Å². The normalized spacial score (nSPS) is 16.8. The van der Waals surface area contributed by atoms with Crippen molar-refractivity contribution < 1.29 is 19.8 Å². The monoisotopic (exact) mass is 409 g/mol. The number of carbonyl (C=O) groups is 2. The number of hydrogen-bond acceptors (Lipinski definition) is 5. The zero-order valence-corrected chi connectivity index (χ0v) is 15.9. The summed E-state index contributed by atoms with van der Waals surface area (Å²) in [4.78, 5) is 26.3. The van der Waals surface area contributed by atoms with E-state index in [1.165, 1.54) is 4.90 Å². The molecule has 0 radical (unpaired) electrons. The fourth-order valence-corrected chi connectivity index (χ4v) is 3.59. The minimum atomic E-state index is -0.651. The van der Waals surface area contributed by atoms with Crippen LogP contribution < -0.4 is 4.90 Å². The second kappa shape index (κ2) is 7.52. The summed E-state index contributed by atoms with van der Waals surface area (Å²) in [5, 5.41) is 28.6. The number of fused-ring (bicyclic) bond motifs is 1. The lowest BCUT2D eigenvalue weighted by atomic mass is 10.1. The van der Waals surface area contributed by atoms with E-state index in [1.807, 2.05) is 18.2 Å². The van der Waals surface area contributed by atoms with E-state index in [1.54, 1.807) is 36.4 Å². The second-order valence-electron chi connectivity index (χ2n) is 6.68. The van der Waals surface area contributed by atoms with Gasteiger partial charge in [0.25, 0.3) is 5.91 Å². The van der Waals surface area contributed by atoms with E-state index < -0.39 is 11.8 Å². The molecule has 0 bridgehead atoms. The number of carbonyl (C=O) groups excluding carboxylic acids is 2. The molecular formula is C21H16ClN3O4. The molecule has 1 aliphatic heterocycles. The van der Waals surface area contributed by atoms with Crippen molar-refractivity contribution in [2.24, 2.45) is 16.1 Å². The molecule has 1 unspecified atom stereocenters. The van der Waals surface area contributed by atoms with Crippen LogP contribution in [0.1, 0.15) is 6.42 Å². The Bertz CT molecular complexity index is 1150. The van der Waals surface area contributed by atoms with Crippen LogP contribution in [0.4, 0.5) is 11.4 Å². The number of aromatic hydroxyl groups is 2. The molecule has 2 amide bonds. The lowest BCUT2D eigenvalue weighted by Crippen LogP contribution is -2.25. The van der Waals surface area contributed by atoms with Gasteiger partial charge in [0.2, 0.25) is 5.91 Å². The number of nitrogens with zero attached hydrogens (tertiary/aromatic N) is 3. The molecular weight excluding hydrogens is 394 g/mol. The summed E-state index contributed by atoms with van der Waals surface area (Å²) in [5.41, 5.74) is 0.519. The maximum absolute atomic E-state index is 12.5. The zero-order chi connectivity index (χ0) is 20.5. The first-order chi connectivity index (χ1) is 14.0. The number of anilines is 1. The van der Waals surface area contributed by atoms with Crippen molar-refractivity contribution in [2.75, 3.05) is 11.4 Å². The predicted octanol–water partition coefficient (Wildman–Crippen LogP) is 4.57. The zero-order valence-electron chi connectivity index (χ0n) is 15.1. The fraction of sp³-hybridized carbons (Fsp3) is 0.143. The molecule has 3 aromatic rings. The van der Waals surface area contributed by atoms with Crippen LogP contribution in [-0.4, -0.2) is 28.6 Å². The van der Waals surface area contributed by atoms with Crippen LogP contribution in [0, 0.1) is 5.92 Å². The number of rotatable bonds is 3. The summed E-state index contributed by atoms with van der Waals surface area (Å²) in [6.07, 6.45) is 0.0232. The van der Waals surface area contributed by atoms with Crippen molar-refractivity contribution in [1.29, 1.82) is 0 Å². The van der Waals surface area contributed by atoms with Crippen LogP contribution in [0.15, 0.2) is 64.8 Å². The van der Waals surface area contributed by atoms with Gasteiger partial charge in [-0.1, -0.05) is 54.1 Å². The Kier molecular flexibility index (Phi) is 4.90. The Morgan fingerprint density at radius 1 is 1.00 bits per heavy atom. The van der Waals surface area contributed by atoms with Crippen LogP contribution >= 0.6 is 11.6 Å². The third-order valence-corrected chi connectivity index (χ3v) is 5.23. The molecule has 1 atom stereocenters. The Morgan fingerprint density at radius 2 is 1.62 bits per heavy atom. The van der Waals surface area contributed by atoms with Gasteiger partial charge in [0.1, 0.15) is 10.8 Å². The average molecular weight is 410 g/mol. The van der Waals surface area contributed by atoms with Gasteiger partial charge < -0.3 is 15.1 Å². The molecule has 29 heavy (non-hydrogen) atoms. The molecule has 1 aliphatic rings. The molecule has 7 nitrogen and oxygen atoms in total. The van der Waals surface area contributed by atoms with Gasteiger partial charge in [0.15, 0.2) is 11.4 Å². The van der Waals surface area contributed by atoms with Gasteiger partial charge in [-0.25, -0.2) is 0 Å². The Morgan fingerprint density at radius 3 is 2.31 bits per heavy atom. The largest absolute Gasteiger partial charge is 0.506 e. The summed E-state index contributed by atoms with van der Waals surface area (Å²) in [6.45, 7) is 0.198. The number of amides is 2. The van der Waals surface area contributed by atoms with Gasteiger partial charge in [-0.3, -0.25) is 9.59 Å². The SMILES string of the molecule is O=C(N=Nc1c(Cl)c(O)c2ccccc2c1O)C1CC(=O)N(c2ccccc2)C1. The first-order valence-electron chi connectivity index (χ1n) is 8.90. The third kappa shape index (κ3) is 3.40. The number of para-hydroxylation sites is 1. The van der Waals surface area contributed by atoms with Crippen LogP contribution in [-0.2, 0) is 9.59 Å². The molecule has 0 saturated carbocycles. The van der Waals surface area contributed by atoms with E-state index in [2.05, 4.69) is 10.2 Å². The quantitative estimate of drug-likeness (QED) is 0.488. The van der Waals surface area contributed by atoms with Crippen LogP contribution in [0.3, 0.4) is 0 Å². The van der Waals surface area contributed by atoms with Crippen molar-refractivity contribution in [2.45, 2.75) is 6.42 Å². The molecule has 0 aromatic heterocycles. The molecule has 1 heterocycles. The van der Waals surface area contributed by atoms with E-state index in [-0.39, 0.29) is 41.1 Å². The molecule has 2 N–H and O–H groups in total. The van der Waals surface area contributed by atoms with Crippen molar-refractivity contribution in [3.63, 3.8) is 0 Å². The standard InChI is InChI=1S/C21H16ClN3O4/c22-17-18(20(28)15-9-5-4-8-14(15)19(17)27)23-24-21(29)12-10-16(26)25(11-12)13-6-2-1-3-7-13/h1-9,12,27-28H,10-11H2. The molecule has 3 aromatic carbocycles. The molecule has 0 aliphatic carbocycles. The summed E-state index contributed by atoms with van der Waals surface area (Å²) < 4.78 is 0. The number of benzene rings is 3. The van der Waals surface area contributed by atoms with E-state index >= 15 is 0 Å². The highest BCUT2D eigenvalue weighted by Gasteiger charge is 2.35. The first kappa shape index (κ1) is 18.9. The average Bonchev–Trinajstić information content (AvgIpc) is 3.14. The molecule has 1 fully saturated rings. The highest BCUT2D eigenvalue weighted by molar-refractivity contribution is 6.36. The highest BCUT2D eigenvalue weighted by atomic mass is 35.5. The number of hydrogen-bond donors (Lipinski definition) is 2. The fourth-order valence-electron chi connectivity index (χ4n) is 3.36. The van der Waals surface area contributed by atoms with Crippen molar-refractivity contribution in [3.05, 3.63) is 59.6 Å². The van der Waals surface area contributed by atoms with E-state index in [4.69, 9.17) is 11.6 Å². The number of azo groups is 1. The molecule has 0 spiro atoms. The number of phenolic OH excluding ortho intramolecular Hbond substituents is 2. The summed E-state index contributed by atoms with van der Waals surface area (Å²) >= 11 is 6.11. The summed E-state index contributed by atoms with van der Waals surface area (Å²) in [5.74, 6) is -1.96. The molecule has 8 heteroatoms. The lowest BCUT2D eigenvalue weighted by Gasteiger charge is -2.15. The van der Waals surface area contributed by atoms with Gasteiger partial charge in [-0.05, 0) is 12.1 Å². The van der Waals surface area contributed by atoms with Crippen molar-refractivity contribution in [3.8, 4) is 11.5 Å². The maximum atomic E-state index is 12.5. The lowest BCUT2D eigenvalue weighted by molar-refractivity contribution is -0.124. The van der Waals surface area contributed by atoms with Crippen LogP contribution in [0.25, 0.3) is 10.8 Å². The number of phenols is 2. The Labute approximate surface area is 170 Å². The van der Waals surface area contributed by atoms with E-state index in [0.29, 0.717) is 16.5 Å². The van der Waals surface area contributed by atoms with Crippen LogP contribution in [0.5, 0.6) is 11.5 Å². The Hall–Kier alpha value is -3.45. The molecule has 1 saturated heterocycles. The van der Waals surface area contributed by atoms with Gasteiger partial charge in [0, 0.05) is 29.4 Å². The summed E-state index contributed by atoms with van der Waals surface area (Å²) in [6, 6.07) is 15.6.